The zero-order valence-electron chi connectivity index (χ0n) is 15.4. The molecule has 3 aromatic carbocycles. The van der Waals surface area contributed by atoms with Crippen LogP contribution in [0.4, 0.5) is 4.39 Å². The molecule has 1 aliphatic heterocycles. The molecule has 1 fully saturated rings. The average molecular weight is 433 g/mol. The maximum absolute atomic E-state index is 13.2. The van der Waals surface area contributed by atoms with Crippen molar-refractivity contribution in [2.45, 2.75) is 4.90 Å². The van der Waals surface area contributed by atoms with Crippen molar-refractivity contribution in [2.24, 2.45) is 0 Å². The molecule has 4 rings (SSSR count). The largest absolute Gasteiger partial charge is 0.336 e. The monoisotopic (exact) mass is 432 g/mol. The van der Waals surface area contributed by atoms with Crippen LogP contribution >= 0.6 is 11.6 Å². The summed E-state index contributed by atoms with van der Waals surface area (Å²) < 4.78 is 40.7. The highest BCUT2D eigenvalue weighted by Gasteiger charge is 2.31. The number of hydrogen-bond acceptors (Lipinski definition) is 3. The molecular weight excluding hydrogens is 415 g/mol. The highest BCUT2D eigenvalue weighted by Crippen LogP contribution is 2.24. The topological polar surface area (TPSA) is 57.7 Å². The molecule has 0 atom stereocenters. The summed E-state index contributed by atoms with van der Waals surface area (Å²) in [4.78, 5) is 14.4. The van der Waals surface area contributed by atoms with Gasteiger partial charge in [0, 0.05) is 26.2 Å². The Morgan fingerprint density at radius 1 is 0.897 bits per heavy atom. The number of piperazine rings is 1. The molecule has 1 heterocycles. The fraction of sp³-hybridized carbons (Fsp3) is 0.190. The van der Waals surface area contributed by atoms with E-state index >= 15 is 0 Å². The van der Waals surface area contributed by atoms with E-state index in [1.165, 1.54) is 21.3 Å². The van der Waals surface area contributed by atoms with Crippen molar-refractivity contribution in [1.82, 2.24) is 9.21 Å². The van der Waals surface area contributed by atoms with E-state index in [1.807, 2.05) is 24.3 Å². The lowest BCUT2D eigenvalue weighted by Crippen LogP contribution is -2.50. The van der Waals surface area contributed by atoms with Crippen LogP contribution in [-0.2, 0) is 10.0 Å². The molecule has 0 saturated carbocycles. The van der Waals surface area contributed by atoms with Crippen molar-refractivity contribution in [1.29, 1.82) is 0 Å². The van der Waals surface area contributed by atoms with Crippen LogP contribution in [0.3, 0.4) is 0 Å². The van der Waals surface area contributed by atoms with E-state index in [0.717, 1.165) is 16.8 Å². The number of hydrogen-bond donors (Lipinski definition) is 0. The predicted octanol–water partition coefficient (Wildman–Crippen LogP) is 3.78. The van der Waals surface area contributed by atoms with Gasteiger partial charge in [0.2, 0.25) is 10.0 Å². The number of amides is 1. The van der Waals surface area contributed by atoms with Crippen LogP contribution in [-0.4, -0.2) is 49.7 Å². The minimum Gasteiger partial charge on any atom is -0.336 e. The van der Waals surface area contributed by atoms with Gasteiger partial charge < -0.3 is 4.90 Å². The Balaban J connectivity index is 1.50. The van der Waals surface area contributed by atoms with E-state index in [2.05, 4.69) is 0 Å². The number of fused-ring (bicyclic) bond motifs is 1. The van der Waals surface area contributed by atoms with Crippen LogP contribution in [0.2, 0.25) is 5.02 Å². The number of carbonyl (C=O) groups excluding carboxylic acids is 1. The van der Waals surface area contributed by atoms with E-state index < -0.39 is 15.8 Å². The lowest BCUT2D eigenvalue weighted by molar-refractivity contribution is 0.0698. The van der Waals surface area contributed by atoms with Gasteiger partial charge in [0.1, 0.15) is 5.82 Å². The fourth-order valence-corrected chi connectivity index (χ4v) is 5.15. The van der Waals surface area contributed by atoms with Gasteiger partial charge in [-0.15, -0.1) is 0 Å². The first kappa shape index (κ1) is 19.8. The Morgan fingerprint density at radius 2 is 1.59 bits per heavy atom. The van der Waals surface area contributed by atoms with E-state index in [-0.39, 0.29) is 47.6 Å². The van der Waals surface area contributed by atoms with Crippen LogP contribution in [0.15, 0.2) is 65.6 Å². The van der Waals surface area contributed by atoms with E-state index in [9.17, 15) is 17.6 Å². The molecule has 0 aromatic heterocycles. The third kappa shape index (κ3) is 3.85. The number of nitrogens with zero attached hydrogens (tertiary/aromatic N) is 2. The van der Waals surface area contributed by atoms with E-state index in [0.29, 0.717) is 0 Å². The number of rotatable bonds is 3. The molecule has 0 spiro atoms. The summed E-state index contributed by atoms with van der Waals surface area (Å²) in [6.45, 7) is 0.831. The number of benzene rings is 3. The maximum Gasteiger partial charge on any atom is 0.255 e. The van der Waals surface area contributed by atoms with Crippen molar-refractivity contribution in [3.05, 3.63) is 77.1 Å². The van der Waals surface area contributed by atoms with Gasteiger partial charge in [-0.1, -0.05) is 41.9 Å². The van der Waals surface area contributed by atoms with Gasteiger partial charge in [-0.05, 0) is 41.1 Å². The number of halogens is 2. The van der Waals surface area contributed by atoms with Crippen molar-refractivity contribution in [3.8, 4) is 0 Å². The summed E-state index contributed by atoms with van der Waals surface area (Å²) in [6.07, 6.45) is 0. The van der Waals surface area contributed by atoms with Crippen LogP contribution in [0, 0.1) is 5.82 Å². The standard InChI is InChI=1S/C21H18ClFN2O3S/c22-20-14-17(23)6-8-19(20)21(26)24-9-11-25(12-10-24)29(27,28)18-7-5-15-3-1-2-4-16(15)13-18/h1-8,13-14H,9-12H2. The number of sulfonamides is 1. The Hall–Kier alpha value is -2.48. The minimum absolute atomic E-state index is 0.0428. The third-order valence-corrected chi connectivity index (χ3v) is 7.25. The summed E-state index contributed by atoms with van der Waals surface area (Å²) in [5.41, 5.74) is 0.207. The van der Waals surface area contributed by atoms with Gasteiger partial charge in [-0.25, -0.2) is 12.8 Å². The molecule has 1 saturated heterocycles. The Kier molecular flexibility index (Phi) is 5.29. The summed E-state index contributed by atoms with van der Waals surface area (Å²) in [5.74, 6) is -0.851. The highest BCUT2D eigenvalue weighted by atomic mass is 35.5. The second-order valence-electron chi connectivity index (χ2n) is 6.83. The van der Waals surface area contributed by atoms with Gasteiger partial charge in [-0.2, -0.15) is 4.31 Å². The summed E-state index contributed by atoms with van der Waals surface area (Å²) >= 11 is 5.98. The average Bonchev–Trinajstić information content (AvgIpc) is 2.73. The molecule has 3 aromatic rings. The first-order chi connectivity index (χ1) is 13.9. The molecule has 0 unspecified atom stereocenters. The summed E-state index contributed by atoms with van der Waals surface area (Å²) in [6, 6.07) is 16.2. The van der Waals surface area contributed by atoms with Gasteiger partial charge in [-0.3, -0.25) is 4.79 Å². The normalized spacial score (nSPS) is 15.6. The fourth-order valence-electron chi connectivity index (χ4n) is 3.44. The second-order valence-corrected chi connectivity index (χ2v) is 9.17. The van der Waals surface area contributed by atoms with Crippen LogP contribution in [0.25, 0.3) is 10.8 Å². The molecular formula is C21H18ClFN2O3S. The van der Waals surface area contributed by atoms with Crippen molar-refractivity contribution in [3.63, 3.8) is 0 Å². The molecule has 0 aliphatic carbocycles. The molecule has 5 nitrogen and oxygen atoms in total. The molecule has 29 heavy (non-hydrogen) atoms. The maximum atomic E-state index is 13.2. The Bertz CT molecular complexity index is 1190. The van der Waals surface area contributed by atoms with Crippen molar-refractivity contribution >= 4 is 38.3 Å². The lowest BCUT2D eigenvalue weighted by Gasteiger charge is -2.34. The molecule has 150 valence electrons. The zero-order valence-corrected chi connectivity index (χ0v) is 17.0. The van der Waals surface area contributed by atoms with E-state index in [1.54, 1.807) is 18.2 Å². The Labute approximate surface area is 173 Å². The highest BCUT2D eigenvalue weighted by molar-refractivity contribution is 7.89. The molecule has 8 heteroatoms. The molecule has 0 radical (unpaired) electrons. The van der Waals surface area contributed by atoms with Crippen molar-refractivity contribution in [2.75, 3.05) is 26.2 Å². The summed E-state index contributed by atoms with van der Waals surface area (Å²) in [7, 11) is -3.66. The molecule has 1 amide bonds. The zero-order chi connectivity index (χ0) is 20.6. The second kappa shape index (κ2) is 7.74. The van der Waals surface area contributed by atoms with Gasteiger partial charge in [0.05, 0.1) is 15.5 Å². The quantitative estimate of drug-likeness (QED) is 0.633. The first-order valence-electron chi connectivity index (χ1n) is 9.09. The van der Waals surface area contributed by atoms with Crippen LogP contribution in [0.1, 0.15) is 10.4 Å². The third-order valence-electron chi connectivity index (χ3n) is 5.05. The summed E-state index contributed by atoms with van der Waals surface area (Å²) in [5, 5.41) is 1.87. The number of carbonyl (C=O) groups is 1. The van der Waals surface area contributed by atoms with Crippen LogP contribution in [0.5, 0.6) is 0 Å². The molecule has 0 bridgehead atoms. The molecule has 0 N–H and O–H groups in total. The predicted molar refractivity (Wildman–Crippen MR) is 110 cm³/mol. The Morgan fingerprint density at radius 3 is 2.28 bits per heavy atom. The smallest absolute Gasteiger partial charge is 0.255 e. The van der Waals surface area contributed by atoms with Crippen LogP contribution < -0.4 is 0 Å². The lowest BCUT2D eigenvalue weighted by atomic mass is 10.1. The molecule has 1 aliphatic rings. The van der Waals surface area contributed by atoms with Gasteiger partial charge in [0.25, 0.3) is 5.91 Å². The SMILES string of the molecule is O=C(c1ccc(F)cc1Cl)N1CCN(S(=O)(=O)c2ccc3ccccc3c2)CC1. The first-order valence-corrected chi connectivity index (χ1v) is 10.9. The van der Waals surface area contributed by atoms with E-state index in [4.69, 9.17) is 11.6 Å². The minimum atomic E-state index is -3.66. The van der Waals surface area contributed by atoms with Gasteiger partial charge >= 0.3 is 0 Å². The van der Waals surface area contributed by atoms with Crippen molar-refractivity contribution < 1.29 is 17.6 Å². The van der Waals surface area contributed by atoms with Gasteiger partial charge in [0.15, 0.2) is 0 Å².